The van der Waals surface area contributed by atoms with Crippen LogP contribution in [0, 0.1) is 5.92 Å². The van der Waals surface area contributed by atoms with Gasteiger partial charge in [-0.15, -0.1) is 27.8 Å². The van der Waals surface area contributed by atoms with Gasteiger partial charge >= 0.3 is 0 Å². The lowest BCUT2D eigenvalue weighted by molar-refractivity contribution is -0.135. The maximum atomic E-state index is 14.1. The zero-order chi connectivity index (χ0) is 42.1. The monoisotopic (exact) mass is 856 g/mol. The minimum Gasteiger partial charge on any atom is -0.506 e. The number of rotatable bonds is 16. The second kappa shape index (κ2) is 17.8. The molecular formula is C48H52N6O5S2. The van der Waals surface area contributed by atoms with Crippen LogP contribution >= 0.6 is 22.7 Å². The highest BCUT2D eigenvalue weighted by Crippen LogP contribution is 2.43. The molecule has 61 heavy (non-hydrogen) atoms. The Bertz CT molecular complexity index is 2700. The standard InChI is InChI=1S/C48H52N6O5S2/c1-53(33-15-13-30(14-16-33)26-42(57)48(59,43-12-6-25-60-43)44-21-20-41(61-44)31-8-3-2-4-9-31)23-7-24-54-47-37-11-5-10-34(37)32(27-38(47)51-52-54)28-49-29-40(56)35-17-19-39(55)46-36(35)18-22-45(58)50-46/h2-4,6,8-9,12,17-22,25,27,30,33,40,49,55-56,59H,5,7,10-11,13-16,23-24,26,28-29H2,1H3,(H,50,58)/t30?,33?,40-,48-/m0/s1. The number of hydrogen-bond donors (Lipinski definition) is 5. The number of benzene rings is 3. The number of hydrogen-bond acceptors (Lipinski definition) is 11. The van der Waals surface area contributed by atoms with Gasteiger partial charge in [0.1, 0.15) is 11.3 Å². The van der Waals surface area contributed by atoms with Crippen LogP contribution in [0.5, 0.6) is 5.75 Å². The molecule has 0 spiro atoms. The Hall–Kier alpha value is -5.02. The summed E-state index contributed by atoms with van der Waals surface area (Å²) < 4.78 is 2.09. The number of carbonyl (C=O) groups excluding carboxylic acids is 1. The SMILES string of the molecule is CN(CCCn1nnc2cc(CNC[C@H](O)c3ccc(O)c4[nH]c(=O)ccc34)c3c(c21)CCC3)C1CCC(CC(=O)[C@](O)(c2cccs2)c2ccc(-c3ccccc3)s2)CC1. The number of thiophene rings is 2. The number of fused-ring (bicyclic) bond motifs is 4. The second-order valence-corrected chi connectivity index (χ2v) is 18.8. The smallest absolute Gasteiger partial charge is 0.248 e. The molecule has 0 bridgehead atoms. The van der Waals surface area contributed by atoms with E-state index in [0.29, 0.717) is 51.8 Å². The fourth-order valence-electron chi connectivity index (χ4n) is 9.69. The number of nitrogens with zero attached hydrogens (tertiary/aromatic N) is 4. The molecule has 13 heteroatoms. The molecule has 3 aromatic carbocycles. The lowest BCUT2D eigenvalue weighted by atomic mass is 9.79. The number of phenolic OH excluding ortho intramolecular Hbond substituents is 1. The summed E-state index contributed by atoms with van der Waals surface area (Å²) in [6, 6.07) is 26.7. The predicted molar refractivity (Wildman–Crippen MR) is 242 cm³/mol. The first-order chi connectivity index (χ1) is 29.7. The number of aliphatic hydroxyl groups is 2. The normalized spacial score (nSPS) is 18.2. The van der Waals surface area contributed by atoms with E-state index < -0.39 is 11.7 Å². The van der Waals surface area contributed by atoms with E-state index in [1.54, 1.807) is 12.1 Å². The predicted octanol–water partition coefficient (Wildman–Crippen LogP) is 7.86. The number of Topliss-reactive ketones (excluding diaryl/α,β-unsaturated/α-hetero) is 1. The Labute approximate surface area is 362 Å². The van der Waals surface area contributed by atoms with Crippen molar-refractivity contribution in [2.24, 2.45) is 5.92 Å². The van der Waals surface area contributed by atoms with E-state index in [0.717, 1.165) is 85.9 Å². The molecule has 316 valence electrons. The molecule has 5 N–H and O–H groups in total. The average molecular weight is 857 g/mol. The van der Waals surface area contributed by atoms with Crippen molar-refractivity contribution in [1.82, 2.24) is 30.2 Å². The summed E-state index contributed by atoms with van der Waals surface area (Å²) in [5, 5.41) is 48.8. The third kappa shape index (κ3) is 8.35. The van der Waals surface area contributed by atoms with E-state index in [1.807, 2.05) is 47.8 Å². The summed E-state index contributed by atoms with van der Waals surface area (Å²) in [7, 11) is 2.21. The number of H-pyrrole nitrogens is 1. The summed E-state index contributed by atoms with van der Waals surface area (Å²) in [4.78, 5) is 33.5. The second-order valence-electron chi connectivity index (χ2n) is 16.8. The van der Waals surface area contributed by atoms with Gasteiger partial charge in [0, 0.05) is 58.2 Å². The number of pyridine rings is 1. The van der Waals surface area contributed by atoms with E-state index in [9.17, 15) is 24.9 Å². The first-order valence-corrected chi connectivity index (χ1v) is 23.1. The quantitative estimate of drug-likeness (QED) is 0.0653. The number of aliphatic hydroxyl groups excluding tert-OH is 1. The molecule has 4 heterocycles. The number of aromatic nitrogens is 4. The summed E-state index contributed by atoms with van der Waals surface area (Å²) in [6.45, 7) is 2.60. The lowest BCUT2D eigenvalue weighted by Gasteiger charge is -2.35. The van der Waals surface area contributed by atoms with Gasteiger partial charge in [-0.1, -0.05) is 47.7 Å². The van der Waals surface area contributed by atoms with Crippen molar-refractivity contribution in [3.05, 3.63) is 133 Å². The van der Waals surface area contributed by atoms with Crippen LogP contribution in [0.3, 0.4) is 0 Å². The van der Waals surface area contributed by atoms with Crippen molar-refractivity contribution in [2.75, 3.05) is 20.1 Å². The number of aromatic amines is 1. The van der Waals surface area contributed by atoms with Crippen molar-refractivity contribution in [2.45, 2.75) is 88.6 Å². The highest BCUT2D eigenvalue weighted by molar-refractivity contribution is 7.16. The number of ketones is 1. The molecular weight excluding hydrogens is 805 g/mol. The summed E-state index contributed by atoms with van der Waals surface area (Å²) in [6.07, 6.45) is 7.55. The Kier molecular flexibility index (Phi) is 12.0. The Morgan fingerprint density at radius 3 is 2.62 bits per heavy atom. The largest absolute Gasteiger partial charge is 0.506 e. The fourth-order valence-corrected chi connectivity index (χ4v) is 11.7. The average Bonchev–Trinajstić information content (AvgIpc) is 4.12. The van der Waals surface area contributed by atoms with Crippen LogP contribution in [-0.4, -0.2) is 72.2 Å². The number of phenols is 1. The topological polar surface area (TPSA) is 157 Å². The molecule has 2 atom stereocenters. The highest BCUT2D eigenvalue weighted by atomic mass is 32.1. The van der Waals surface area contributed by atoms with Gasteiger partial charge in [0.15, 0.2) is 11.4 Å². The van der Waals surface area contributed by atoms with E-state index in [1.165, 1.54) is 51.5 Å². The van der Waals surface area contributed by atoms with Crippen LogP contribution < -0.4 is 10.9 Å². The Morgan fingerprint density at radius 2 is 1.82 bits per heavy atom. The van der Waals surface area contributed by atoms with Gasteiger partial charge in [0.05, 0.1) is 17.1 Å². The summed E-state index contributed by atoms with van der Waals surface area (Å²) in [5.74, 6) is 0.110. The summed E-state index contributed by atoms with van der Waals surface area (Å²) >= 11 is 2.94. The third-order valence-corrected chi connectivity index (χ3v) is 15.2. The van der Waals surface area contributed by atoms with Gasteiger partial charge in [0.2, 0.25) is 5.56 Å². The summed E-state index contributed by atoms with van der Waals surface area (Å²) in [5.41, 5.74) is 5.98. The molecule has 0 saturated heterocycles. The zero-order valence-corrected chi connectivity index (χ0v) is 36.0. The fraction of sp³-hybridized carbons (Fsp3) is 0.375. The van der Waals surface area contributed by atoms with Gasteiger partial charge in [0.25, 0.3) is 0 Å². The van der Waals surface area contributed by atoms with Crippen molar-refractivity contribution >= 4 is 50.4 Å². The highest BCUT2D eigenvalue weighted by Gasteiger charge is 2.43. The lowest BCUT2D eigenvalue weighted by Crippen LogP contribution is -2.39. The molecule has 9 rings (SSSR count). The van der Waals surface area contributed by atoms with Crippen LogP contribution in [0.25, 0.3) is 32.4 Å². The van der Waals surface area contributed by atoms with Crippen molar-refractivity contribution in [3.63, 3.8) is 0 Å². The minimum atomic E-state index is -1.64. The Balaban J connectivity index is 0.780. The van der Waals surface area contributed by atoms with Crippen molar-refractivity contribution in [3.8, 4) is 16.2 Å². The number of aromatic hydroxyl groups is 1. The Morgan fingerprint density at radius 1 is 1.00 bits per heavy atom. The number of aryl methyl sites for hydroxylation is 2. The number of carbonyl (C=O) groups is 1. The maximum Gasteiger partial charge on any atom is 0.248 e. The minimum absolute atomic E-state index is 0.0290. The third-order valence-electron chi connectivity index (χ3n) is 13.0. The first kappa shape index (κ1) is 41.3. The van der Waals surface area contributed by atoms with Gasteiger partial charge in [-0.3, -0.25) is 9.59 Å². The van der Waals surface area contributed by atoms with E-state index in [2.05, 4.69) is 55.4 Å². The van der Waals surface area contributed by atoms with Gasteiger partial charge in [-0.25, -0.2) is 4.68 Å². The van der Waals surface area contributed by atoms with Crippen molar-refractivity contribution in [1.29, 1.82) is 0 Å². The van der Waals surface area contributed by atoms with Crippen molar-refractivity contribution < 1.29 is 20.1 Å². The molecule has 0 aliphatic heterocycles. The molecule has 0 unspecified atom stereocenters. The molecule has 1 fully saturated rings. The molecule has 7 aromatic rings. The van der Waals surface area contributed by atoms with Gasteiger partial charge in [-0.05, 0) is 140 Å². The number of nitrogens with one attached hydrogen (secondary N) is 2. The molecule has 2 aliphatic carbocycles. The molecule has 0 radical (unpaired) electrons. The first-order valence-electron chi connectivity index (χ1n) is 21.4. The molecule has 4 aromatic heterocycles. The van der Waals surface area contributed by atoms with Crippen LogP contribution in [0.1, 0.15) is 83.1 Å². The van der Waals surface area contributed by atoms with Crippen LogP contribution in [0.4, 0.5) is 0 Å². The molecule has 0 amide bonds. The van der Waals surface area contributed by atoms with Crippen LogP contribution in [0.15, 0.2) is 95.1 Å². The van der Waals surface area contributed by atoms with E-state index in [-0.39, 0.29) is 23.0 Å². The zero-order valence-electron chi connectivity index (χ0n) is 34.3. The van der Waals surface area contributed by atoms with E-state index in [4.69, 9.17) is 0 Å². The van der Waals surface area contributed by atoms with Gasteiger partial charge < -0.3 is 30.5 Å². The van der Waals surface area contributed by atoms with Crippen LogP contribution in [0.2, 0.25) is 0 Å². The molecule has 2 aliphatic rings. The molecule has 1 saturated carbocycles. The maximum absolute atomic E-state index is 14.1. The van der Waals surface area contributed by atoms with Gasteiger partial charge in [-0.2, -0.15) is 0 Å². The van der Waals surface area contributed by atoms with Crippen LogP contribution in [-0.2, 0) is 36.3 Å². The van der Waals surface area contributed by atoms with E-state index >= 15 is 0 Å². The molecule has 11 nitrogen and oxygen atoms in total.